The molecule has 4 heteroatoms. The number of likely N-dealkylation sites (tertiary alicyclic amines) is 1. The molecule has 0 bridgehead atoms. The van der Waals surface area contributed by atoms with Crippen LogP contribution in [0.1, 0.15) is 20.3 Å². The van der Waals surface area contributed by atoms with Gasteiger partial charge in [-0.25, -0.2) is 0 Å². The van der Waals surface area contributed by atoms with E-state index in [4.69, 9.17) is 0 Å². The van der Waals surface area contributed by atoms with E-state index in [1.54, 1.807) is 0 Å². The summed E-state index contributed by atoms with van der Waals surface area (Å²) in [6.07, 6.45) is 2.37. The number of pyridine rings is 1. The first-order valence-corrected chi connectivity index (χ1v) is 7.05. The Labute approximate surface area is 118 Å². The highest BCUT2D eigenvalue weighted by Gasteiger charge is 2.31. The summed E-state index contributed by atoms with van der Waals surface area (Å²) in [7, 11) is 0. The SMILES string of the molecule is CC(C)N1CC(Nc2ccnc3ccccc23)CC1=O. The fourth-order valence-electron chi connectivity index (χ4n) is 2.77. The molecule has 1 unspecified atom stereocenters. The van der Waals surface area contributed by atoms with E-state index in [1.807, 2.05) is 35.4 Å². The van der Waals surface area contributed by atoms with Crippen molar-refractivity contribution in [3.63, 3.8) is 0 Å². The molecule has 2 heterocycles. The lowest BCUT2D eigenvalue weighted by atomic mass is 10.1. The largest absolute Gasteiger partial charge is 0.379 e. The van der Waals surface area contributed by atoms with Crippen LogP contribution in [0.4, 0.5) is 5.69 Å². The molecule has 104 valence electrons. The average molecular weight is 269 g/mol. The number of carbonyl (C=O) groups is 1. The molecule has 0 saturated carbocycles. The number of rotatable bonds is 3. The lowest BCUT2D eigenvalue weighted by Crippen LogP contribution is -2.33. The molecule has 3 rings (SSSR count). The van der Waals surface area contributed by atoms with Crippen molar-refractivity contribution in [1.82, 2.24) is 9.88 Å². The average Bonchev–Trinajstić information content (AvgIpc) is 2.80. The molecule has 1 aromatic heterocycles. The molecule has 1 amide bonds. The van der Waals surface area contributed by atoms with Crippen molar-refractivity contribution >= 4 is 22.5 Å². The van der Waals surface area contributed by atoms with Gasteiger partial charge in [-0.2, -0.15) is 0 Å². The van der Waals surface area contributed by atoms with Crippen molar-refractivity contribution in [2.45, 2.75) is 32.4 Å². The van der Waals surface area contributed by atoms with Crippen LogP contribution in [0.2, 0.25) is 0 Å². The third-order valence-electron chi connectivity index (χ3n) is 3.79. The highest BCUT2D eigenvalue weighted by molar-refractivity contribution is 5.91. The van der Waals surface area contributed by atoms with E-state index in [1.165, 1.54) is 0 Å². The van der Waals surface area contributed by atoms with Crippen molar-refractivity contribution < 1.29 is 4.79 Å². The molecule has 4 nitrogen and oxygen atoms in total. The van der Waals surface area contributed by atoms with Gasteiger partial charge in [-0.05, 0) is 26.0 Å². The number of aromatic nitrogens is 1. The second-order valence-corrected chi connectivity index (χ2v) is 5.56. The van der Waals surface area contributed by atoms with Crippen LogP contribution in [0.5, 0.6) is 0 Å². The van der Waals surface area contributed by atoms with E-state index in [2.05, 4.69) is 30.2 Å². The molecule has 0 spiro atoms. The van der Waals surface area contributed by atoms with E-state index >= 15 is 0 Å². The third-order valence-corrected chi connectivity index (χ3v) is 3.79. The standard InChI is InChI=1S/C16H19N3O/c1-11(2)19-10-12(9-16(19)20)18-15-7-8-17-14-6-4-3-5-13(14)15/h3-8,11-12H,9-10H2,1-2H3,(H,17,18). The summed E-state index contributed by atoms with van der Waals surface area (Å²) < 4.78 is 0. The molecule has 1 aromatic carbocycles. The number of benzene rings is 1. The molecule has 1 fully saturated rings. The predicted molar refractivity (Wildman–Crippen MR) is 80.6 cm³/mol. The Bertz CT molecular complexity index is 633. The highest BCUT2D eigenvalue weighted by Crippen LogP contribution is 2.24. The third kappa shape index (κ3) is 2.33. The monoisotopic (exact) mass is 269 g/mol. The van der Waals surface area contributed by atoms with Crippen molar-refractivity contribution in [3.8, 4) is 0 Å². The van der Waals surface area contributed by atoms with Crippen LogP contribution in [0.3, 0.4) is 0 Å². The maximum Gasteiger partial charge on any atom is 0.225 e. The van der Waals surface area contributed by atoms with E-state index in [9.17, 15) is 4.79 Å². The van der Waals surface area contributed by atoms with Crippen LogP contribution >= 0.6 is 0 Å². The zero-order valence-corrected chi connectivity index (χ0v) is 11.8. The second kappa shape index (κ2) is 5.12. The van der Waals surface area contributed by atoms with E-state index in [-0.39, 0.29) is 18.0 Å². The van der Waals surface area contributed by atoms with Gasteiger partial charge in [0.15, 0.2) is 0 Å². The molecule has 1 atom stereocenters. The van der Waals surface area contributed by atoms with Crippen LogP contribution in [0.15, 0.2) is 36.5 Å². The minimum atomic E-state index is 0.177. The summed E-state index contributed by atoms with van der Waals surface area (Å²) in [6.45, 7) is 4.89. The molecular weight excluding hydrogens is 250 g/mol. The summed E-state index contributed by atoms with van der Waals surface area (Å²) in [4.78, 5) is 18.2. The summed E-state index contributed by atoms with van der Waals surface area (Å²) in [6, 6.07) is 10.5. The quantitative estimate of drug-likeness (QED) is 0.931. The van der Waals surface area contributed by atoms with Crippen LogP contribution in [-0.4, -0.2) is 34.4 Å². The Balaban J connectivity index is 1.83. The number of amides is 1. The molecule has 1 aliphatic heterocycles. The van der Waals surface area contributed by atoms with Gasteiger partial charge in [-0.15, -0.1) is 0 Å². The number of nitrogens with zero attached hydrogens (tertiary/aromatic N) is 2. The first-order chi connectivity index (χ1) is 9.65. The number of carbonyl (C=O) groups excluding carboxylic acids is 1. The van der Waals surface area contributed by atoms with Gasteiger partial charge in [0, 0.05) is 36.3 Å². The number of hydrogen-bond acceptors (Lipinski definition) is 3. The maximum atomic E-state index is 12.0. The van der Waals surface area contributed by atoms with Crippen LogP contribution in [0.25, 0.3) is 10.9 Å². The second-order valence-electron chi connectivity index (χ2n) is 5.56. The minimum absolute atomic E-state index is 0.177. The van der Waals surface area contributed by atoms with Gasteiger partial charge in [0.25, 0.3) is 0 Å². The topological polar surface area (TPSA) is 45.2 Å². The van der Waals surface area contributed by atoms with Gasteiger partial charge in [-0.3, -0.25) is 9.78 Å². The minimum Gasteiger partial charge on any atom is -0.379 e. The van der Waals surface area contributed by atoms with E-state index in [0.29, 0.717) is 6.42 Å². The normalized spacial score (nSPS) is 19.1. The van der Waals surface area contributed by atoms with Crippen molar-refractivity contribution in [2.24, 2.45) is 0 Å². The molecule has 0 aliphatic carbocycles. The molecule has 1 N–H and O–H groups in total. The molecule has 20 heavy (non-hydrogen) atoms. The van der Waals surface area contributed by atoms with Crippen molar-refractivity contribution in [3.05, 3.63) is 36.5 Å². The fraction of sp³-hybridized carbons (Fsp3) is 0.375. The summed E-state index contributed by atoms with van der Waals surface area (Å²) >= 11 is 0. The number of hydrogen-bond donors (Lipinski definition) is 1. The van der Waals surface area contributed by atoms with Crippen molar-refractivity contribution in [1.29, 1.82) is 0 Å². The van der Waals surface area contributed by atoms with Gasteiger partial charge in [0.1, 0.15) is 0 Å². The van der Waals surface area contributed by atoms with E-state index < -0.39 is 0 Å². The Morgan fingerprint density at radius 3 is 2.85 bits per heavy atom. The zero-order chi connectivity index (χ0) is 14.1. The summed E-state index contributed by atoms with van der Waals surface area (Å²) in [5.74, 6) is 0.232. The molecule has 0 radical (unpaired) electrons. The molecule has 1 saturated heterocycles. The van der Waals surface area contributed by atoms with Gasteiger partial charge in [0.05, 0.1) is 11.6 Å². The summed E-state index contributed by atoms with van der Waals surface area (Å²) in [5, 5.41) is 4.60. The highest BCUT2D eigenvalue weighted by atomic mass is 16.2. The predicted octanol–water partition coefficient (Wildman–Crippen LogP) is 2.66. The maximum absolute atomic E-state index is 12.0. The van der Waals surface area contributed by atoms with Crippen LogP contribution in [-0.2, 0) is 4.79 Å². The van der Waals surface area contributed by atoms with Crippen molar-refractivity contribution in [2.75, 3.05) is 11.9 Å². The Morgan fingerprint density at radius 1 is 1.30 bits per heavy atom. The Morgan fingerprint density at radius 2 is 2.10 bits per heavy atom. The van der Waals surface area contributed by atoms with Gasteiger partial charge in [0.2, 0.25) is 5.91 Å². The van der Waals surface area contributed by atoms with Gasteiger partial charge >= 0.3 is 0 Å². The number of anilines is 1. The lowest BCUT2D eigenvalue weighted by Gasteiger charge is -2.21. The Hall–Kier alpha value is -2.10. The molecular formula is C16H19N3O. The number of para-hydroxylation sites is 1. The zero-order valence-electron chi connectivity index (χ0n) is 11.8. The van der Waals surface area contributed by atoms with E-state index in [0.717, 1.165) is 23.1 Å². The molecule has 2 aromatic rings. The number of fused-ring (bicyclic) bond motifs is 1. The van der Waals surface area contributed by atoms with Crippen LogP contribution in [0, 0.1) is 0 Å². The van der Waals surface area contributed by atoms with Crippen LogP contribution < -0.4 is 5.32 Å². The fourth-order valence-corrected chi connectivity index (χ4v) is 2.77. The first-order valence-electron chi connectivity index (χ1n) is 7.05. The van der Waals surface area contributed by atoms with Gasteiger partial charge < -0.3 is 10.2 Å². The first kappa shape index (κ1) is 12.9. The number of nitrogens with one attached hydrogen (secondary N) is 1. The van der Waals surface area contributed by atoms with Gasteiger partial charge in [-0.1, -0.05) is 18.2 Å². The molecule has 1 aliphatic rings. The smallest absolute Gasteiger partial charge is 0.225 e. The Kier molecular flexibility index (Phi) is 3.30. The lowest BCUT2D eigenvalue weighted by molar-refractivity contribution is -0.129. The summed E-state index contributed by atoms with van der Waals surface area (Å²) in [5.41, 5.74) is 2.03.